The molecule has 6 heteroatoms. The van der Waals surface area contributed by atoms with E-state index in [-0.39, 0.29) is 16.4 Å². The predicted molar refractivity (Wildman–Crippen MR) is 60.2 cm³/mol. The lowest BCUT2D eigenvalue weighted by atomic mass is 10.1. The Labute approximate surface area is 95.6 Å². The average molecular weight is 239 g/mol. The van der Waals surface area contributed by atoms with Crippen molar-refractivity contribution in [2.24, 2.45) is 0 Å². The lowest BCUT2D eigenvalue weighted by Gasteiger charge is -2.04. The average Bonchev–Trinajstić information content (AvgIpc) is 2.74. The number of furan rings is 1. The summed E-state index contributed by atoms with van der Waals surface area (Å²) in [7, 11) is 0. The summed E-state index contributed by atoms with van der Waals surface area (Å²) in [5, 5.41) is 10.8. The molecular weight excluding hydrogens is 232 g/mol. The number of hydrogen-bond donors (Lipinski definition) is 1. The maximum atomic E-state index is 10.7. The third kappa shape index (κ3) is 1.72. The summed E-state index contributed by atoms with van der Waals surface area (Å²) in [6, 6.07) is 5.87. The van der Waals surface area contributed by atoms with Gasteiger partial charge in [-0.05, 0) is 12.1 Å². The van der Waals surface area contributed by atoms with Crippen LogP contribution < -0.4 is 5.73 Å². The van der Waals surface area contributed by atoms with Gasteiger partial charge in [-0.15, -0.1) is 0 Å². The number of nitro groups is 1. The number of nitrogen functional groups attached to an aromatic ring is 1. The minimum absolute atomic E-state index is 0.120. The Balaban J connectivity index is 2.65. The molecule has 16 heavy (non-hydrogen) atoms. The van der Waals surface area contributed by atoms with Crippen LogP contribution in [0.2, 0.25) is 5.02 Å². The van der Waals surface area contributed by atoms with Crippen LogP contribution in [-0.2, 0) is 0 Å². The summed E-state index contributed by atoms with van der Waals surface area (Å²) >= 11 is 5.81. The van der Waals surface area contributed by atoms with E-state index >= 15 is 0 Å². The SMILES string of the molecule is Nc1c(Cl)cc([N+](=O)[O-])cc1-c1ccco1. The summed E-state index contributed by atoms with van der Waals surface area (Å²) in [6.07, 6.45) is 1.46. The van der Waals surface area contributed by atoms with Crippen molar-refractivity contribution in [2.45, 2.75) is 0 Å². The molecule has 2 rings (SSSR count). The van der Waals surface area contributed by atoms with Crippen molar-refractivity contribution in [3.63, 3.8) is 0 Å². The second-order valence-electron chi connectivity index (χ2n) is 3.12. The first-order valence-electron chi connectivity index (χ1n) is 4.37. The van der Waals surface area contributed by atoms with Gasteiger partial charge in [-0.25, -0.2) is 0 Å². The van der Waals surface area contributed by atoms with Gasteiger partial charge in [0, 0.05) is 17.7 Å². The van der Waals surface area contributed by atoms with Crippen LogP contribution in [0, 0.1) is 10.1 Å². The van der Waals surface area contributed by atoms with Crippen molar-refractivity contribution >= 4 is 23.0 Å². The molecule has 0 amide bonds. The molecule has 0 fully saturated rings. The Morgan fingerprint density at radius 2 is 2.19 bits per heavy atom. The van der Waals surface area contributed by atoms with Gasteiger partial charge < -0.3 is 10.2 Å². The monoisotopic (exact) mass is 238 g/mol. The molecule has 2 aromatic rings. The maximum absolute atomic E-state index is 10.7. The highest BCUT2D eigenvalue weighted by molar-refractivity contribution is 6.34. The number of anilines is 1. The lowest BCUT2D eigenvalue weighted by Crippen LogP contribution is -1.94. The van der Waals surface area contributed by atoms with Crippen LogP contribution in [0.5, 0.6) is 0 Å². The topological polar surface area (TPSA) is 82.3 Å². The summed E-state index contributed by atoms with van der Waals surface area (Å²) in [4.78, 5) is 10.1. The third-order valence-electron chi connectivity index (χ3n) is 2.11. The fourth-order valence-electron chi connectivity index (χ4n) is 1.34. The Bertz CT molecular complexity index is 537. The normalized spacial score (nSPS) is 10.3. The van der Waals surface area contributed by atoms with E-state index in [4.69, 9.17) is 21.8 Å². The largest absolute Gasteiger partial charge is 0.464 e. The van der Waals surface area contributed by atoms with Gasteiger partial charge in [-0.2, -0.15) is 0 Å². The molecule has 0 saturated heterocycles. The van der Waals surface area contributed by atoms with E-state index in [1.54, 1.807) is 12.1 Å². The standard InChI is InChI=1S/C10H7ClN2O3/c11-8-5-6(13(14)15)4-7(10(8)12)9-2-1-3-16-9/h1-5H,12H2. The number of non-ortho nitro benzene ring substituents is 1. The first kappa shape index (κ1) is 10.5. The van der Waals surface area contributed by atoms with Gasteiger partial charge in [0.25, 0.3) is 5.69 Å². The molecule has 0 atom stereocenters. The molecule has 5 nitrogen and oxygen atoms in total. The van der Waals surface area contributed by atoms with E-state index in [2.05, 4.69) is 0 Å². The molecule has 0 spiro atoms. The Kier molecular flexibility index (Phi) is 2.54. The van der Waals surface area contributed by atoms with E-state index in [0.29, 0.717) is 11.3 Å². The van der Waals surface area contributed by atoms with Crippen LogP contribution in [0.1, 0.15) is 0 Å². The van der Waals surface area contributed by atoms with Gasteiger partial charge >= 0.3 is 0 Å². The summed E-state index contributed by atoms with van der Waals surface area (Å²) in [6.45, 7) is 0. The van der Waals surface area contributed by atoms with Crippen molar-refractivity contribution in [3.05, 3.63) is 45.7 Å². The second-order valence-corrected chi connectivity index (χ2v) is 3.53. The second kappa shape index (κ2) is 3.86. The number of rotatable bonds is 2. The van der Waals surface area contributed by atoms with Crippen LogP contribution >= 0.6 is 11.6 Å². The fraction of sp³-hybridized carbons (Fsp3) is 0. The van der Waals surface area contributed by atoms with Crippen LogP contribution in [-0.4, -0.2) is 4.92 Å². The molecule has 0 aliphatic carbocycles. The number of halogens is 1. The molecule has 0 aliphatic rings. The predicted octanol–water partition coefficient (Wildman–Crippen LogP) is 3.09. The summed E-state index contributed by atoms with van der Waals surface area (Å²) < 4.78 is 5.13. The highest BCUT2D eigenvalue weighted by atomic mass is 35.5. The molecule has 1 aromatic heterocycles. The van der Waals surface area contributed by atoms with E-state index in [1.165, 1.54) is 18.4 Å². The Morgan fingerprint density at radius 3 is 2.75 bits per heavy atom. The Hall–Kier alpha value is -2.01. The van der Waals surface area contributed by atoms with Crippen LogP contribution in [0.15, 0.2) is 34.9 Å². The zero-order chi connectivity index (χ0) is 11.7. The maximum Gasteiger partial charge on any atom is 0.271 e. The Morgan fingerprint density at radius 1 is 1.44 bits per heavy atom. The van der Waals surface area contributed by atoms with Gasteiger partial charge in [0.1, 0.15) is 5.76 Å². The van der Waals surface area contributed by atoms with E-state index in [0.717, 1.165) is 0 Å². The van der Waals surface area contributed by atoms with Crippen molar-refractivity contribution in [2.75, 3.05) is 5.73 Å². The smallest absolute Gasteiger partial charge is 0.271 e. The highest BCUT2D eigenvalue weighted by Crippen LogP contribution is 2.35. The molecule has 0 radical (unpaired) electrons. The molecule has 0 unspecified atom stereocenters. The van der Waals surface area contributed by atoms with Gasteiger partial charge in [0.05, 0.1) is 21.9 Å². The lowest BCUT2D eigenvalue weighted by molar-refractivity contribution is -0.384. The zero-order valence-electron chi connectivity index (χ0n) is 8.01. The number of nitrogens with zero attached hydrogens (tertiary/aromatic N) is 1. The molecule has 1 heterocycles. The molecule has 0 bridgehead atoms. The van der Waals surface area contributed by atoms with Gasteiger partial charge in [0.15, 0.2) is 0 Å². The molecular formula is C10H7ClN2O3. The van der Waals surface area contributed by atoms with E-state index in [1.807, 2.05) is 0 Å². The molecule has 2 N–H and O–H groups in total. The number of hydrogen-bond acceptors (Lipinski definition) is 4. The number of nitro benzene ring substituents is 1. The minimum atomic E-state index is -0.530. The van der Waals surface area contributed by atoms with Crippen molar-refractivity contribution in [3.8, 4) is 11.3 Å². The summed E-state index contributed by atoms with van der Waals surface area (Å²) in [5.41, 5.74) is 6.29. The van der Waals surface area contributed by atoms with Gasteiger partial charge in [-0.1, -0.05) is 11.6 Å². The first-order valence-corrected chi connectivity index (χ1v) is 4.74. The molecule has 1 aromatic carbocycles. The minimum Gasteiger partial charge on any atom is -0.464 e. The van der Waals surface area contributed by atoms with Gasteiger partial charge in [0.2, 0.25) is 0 Å². The molecule has 82 valence electrons. The highest BCUT2D eigenvalue weighted by Gasteiger charge is 2.16. The van der Waals surface area contributed by atoms with Gasteiger partial charge in [-0.3, -0.25) is 10.1 Å². The van der Waals surface area contributed by atoms with Crippen molar-refractivity contribution in [1.29, 1.82) is 0 Å². The fourth-order valence-corrected chi connectivity index (χ4v) is 1.56. The molecule has 0 saturated carbocycles. The zero-order valence-corrected chi connectivity index (χ0v) is 8.77. The van der Waals surface area contributed by atoms with E-state index < -0.39 is 4.92 Å². The van der Waals surface area contributed by atoms with E-state index in [9.17, 15) is 10.1 Å². The quantitative estimate of drug-likeness (QED) is 0.495. The third-order valence-corrected chi connectivity index (χ3v) is 2.42. The van der Waals surface area contributed by atoms with Crippen molar-refractivity contribution in [1.82, 2.24) is 0 Å². The van der Waals surface area contributed by atoms with Crippen molar-refractivity contribution < 1.29 is 9.34 Å². The molecule has 0 aliphatic heterocycles. The number of nitrogens with two attached hydrogens (primary N) is 1. The first-order chi connectivity index (χ1) is 7.59. The summed E-state index contributed by atoms with van der Waals surface area (Å²) in [5.74, 6) is 0.447. The van der Waals surface area contributed by atoms with Crippen LogP contribution in [0.25, 0.3) is 11.3 Å². The number of benzene rings is 1. The van der Waals surface area contributed by atoms with Crippen LogP contribution in [0.4, 0.5) is 11.4 Å². The van der Waals surface area contributed by atoms with Crippen LogP contribution in [0.3, 0.4) is 0 Å².